The third kappa shape index (κ3) is 3.43. The van der Waals surface area contributed by atoms with Gasteiger partial charge in [0.2, 0.25) is 0 Å². The van der Waals surface area contributed by atoms with Crippen LogP contribution in [0.1, 0.15) is 42.9 Å². The van der Waals surface area contributed by atoms with Crippen LogP contribution in [0.2, 0.25) is 0 Å². The average Bonchev–Trinajstić information content (AvgIpc) is 2.36. The molecular weight excluding hydrogens is 234 g/mol. The standard InChI is InChI=1S/C13H19NO4/c1-4-13(17,5-2)8-18-10-7-6-9(3)14-11(10)12(15)16/h6-7,17H,4-5,8H2,1-3H3,(H,15,16). The molecular formula is C13H19NO4. The van der Waals surface area contributed by atoms with E-state index < -0.39 is 11.6 Å². The molecule has 0 spiro atoms. The fraction of sp³-hybridized carbons (Fsp3) is 0.538. The van der Waals surface area contributed by atoms with Crippen molar-refractivity contribution in [1.29, 1.82) is 0 Å². The van der Waals surface area contributed by atoms with Gasteiger partial charge in [-0.05, 0) is 31.9 Å². The van der Waals surface area contributed by atoms with Crippen molar-refractivity contribution >= 4 is 5.97 Å². The van der Waals surface area contributed by atoms with E-state index in [4.69, 9.17) is 9.84 Å². The zero-order chi connectivity index (χ0) is 13.8. The molecule has 1 heterocycles. The number of carbonyl (C=O) groups is 1. The molecule has 5 heteroatoms. The maximum Gasteiger partial charge on any atom is 0.358 e. The summed E-state index contributed by atoms with van der Waals surface area (Å²) in [5.74, 6) is -0.946. The molecule has 1 rings (SSSR count). The first-order valence-corrected chi connectivity index (χ1v) is 5.98. The zero-order valence-electron chi connectivity index (χ0n) is 10.9. The second-order valence-corrected chi connectivity index (χ2v) is 4.32. The van der Waals surface area contributed by atoms with E-state index in [9.17, 15) is 9.90 Å². The van der Waals surface area contributed by atoms with Gasteiger partial charge in [-0.1, -0.05) is 13.8 Å². The Hall–Kier alpha value is -1.62. The molecule has 0 aliphatic heterocycles. The lowest BCUT2D eigenvalue weighted by atomic mass is 9.99. The van der Waals surface area contributed by atoms with Crippen molar-refractivity contribution < 1.29 is 19.7 Å². The number of aliphatic hydroxyl groups is 1. The van der Waals surface area contributed by atoms with Gasteiger partial charge >= 0.3 is 5.97 Å². The predicted octanol–water partition coefficient (Wildman–Crippen LogP) is 2.02. The summed E-state index contributed by atoms with van der Waals surface area (Å²) in [5.41, 5.74) is -0.439. The molecule has 1 aromatic rings. The van der Waals surface area contributed by atoms with Gasteiger partial charge in [0, 0.05) is 5.69 Å². The lowest BCUT2D eigenvalue weighted by Crippen LogP contribution is -2.34. The summed E-state index contributed by atoms with van der Waals surface area (Å²) in [5, 5.41) is 19.1. The smallest absolute Gasteiger partial charge is 0.358 e. The number of ether oxygens (including phenoxy) is 1. The fourth-order valence-corrected chi connectivity index (χ4v) is 1.48. The van der Waals surface area contributed by atoms with Crippen LogP contribution in [0.5, 0.6) is 5.75 Å². The highest BCUT2D eigenvalue weighted by molar-refractivity contribution is 5.88. The van der Waals surface area contributed by atoms with Crippen LogP contribution < -0.4 is 4.74 Å². The molecule has 100 valence electrons. The molecule has 0 bridgehead atoms. The minimum atomic E-state index is -1.13. The SMILES string of the molecule is CCC(O)(CC)COc1ccc(C)nc1C(=O)O. The van der Waals surface area contributed by atoms with E-state index >= 15 is 0 Å². The summed E-state index contributed by atoms with van der Waals surface area (Å²) < 4.78 is 5.41. The Kier molecular flexibility index (Phi) is 4.67. The molecule has 0 radical (unpaired) electrons. The Morgan fingerprint density at radius 1 is 1.39 bits per heavy atom. The maximum absolute atomic E-state index is 11.0. The third-order valence-corrected chi connectivity index (χ3v) is 3.01. The third-order valence-electron chi connectivity index (χ3n) is 3.01. The molecule has 0 fully saturated rings. The molecule has 1 aromatic heterocycles. The van der Waals surface area contributed by atoms with Gasteiger partial charge in [-0.3, -0.25) is 0 Å². The number of aryl methyl sites for hydroxylation is 1. The lowest BCUT2D eigenvalue weighted by Gasteiger charge is -2.25. The van der Waals surface area contributed by atoms with E-state index in [-0.39, 0.29) is 18.1 Å². The number of nitrogens with zero attached hydrogens (tertiary/aromatic N) is 1. The highest BCUT2D eigenvalue weighted by atomic mass is 16.5. The zero-order valence-corrected chi connectivity index (χ0v) is 10.9. The first-order chi connectivity index (χ1) is 8.41. The fourth-order valence-electron chi connectivity index (χ4n) is 1.48. The van der Waals surface area contributed by atoms with E-state index in [1.807, 2.05) is 13.8 Å². The molecule has 0 unspecified atom stereocenters. The number of rotatable bonds is 6. The van der Waals surface area contributed by atoms with Crippen molar-refractivity contribution in [3.8, 4) is 5.75 Å². The molecule has 0 aliphatic carbocycles. The molecule has 0 aliphatic rings. The van der Waals surface area contributed by atoms with Crippen molar-refractivity contribution in [2.45, 2.75) is 39.2 Å². The van der Waals surface area contributed by atoms with Gasteiger partial charge in [0.15, 0.2) is 11.4 Å². The molecule has 0 saturated carbocycles. The second-order valence-electron chi connectivity index (χ2n) is 4.32. The highest BCUT2D eigenvalue weighted by Crippen LogP contribution is 2.21. The average molecular weight is 253 g/mol. The van der Waals surface area contributed by atoms with E-state index in [1.54, 1.807) is 19.1 Å². The lowest BCUT2D eigenvalue weighted by molar-refractivity contribution is -0.0118. The topological polar surface area (TPSA) is 79.7 Å². The largest absolute Gasteiger partial charge is 0.488 e. The van der Waals surface area contributed by atoms with Crippen molar-refractivity contribution in [3.63, 3.8) is 0 Å². The van der Waals surface area contributed by atoms with Crippen molar-refractivity contribution in [2.24, 2.45) is 0 Å². The van der Waals surface area contributed by atoms with Gasteiger partial charge < -0.3 is 14.9 Å². The number of hydrogen-bond donors (Lipinski definition) is 2. The van der Waals surface area contributed by atoms with E-state index in [0.717, 1.165) is 0 Å². The van der Waals surface area contributed by atoms with Crippen LogP contribution in [0.15, 0.2) is 12.1 Å². The summed E-state index contributed by atoms with van der Waals surface area (Å²) in [4.78, 5) is 15.0. The Morgan fingerprint density at radius 2 is 2.00 bits per heavy atom. The van der Waals surface area contributed by atoms with Crippen LogP contribution in [0.3, 0.4) is 0 Å². The highest BCUT2D eigenvalue weighted by Gasteiger charge is 2.24. The minimum absolute atomic E-state index is 0.0605. The second kappa shape index (κ2) is 5.82. The first-order valence-electron chi connectivity index (χ1n) is 5.98. The van der Waals surface area contributed by atoms with Crippen LogP contribution >= 0.6 is 0 Å². The normalized spacial score (nSPS) is 11.3. The van der Waals surface area contributed by atoms with Gasteiger partial charge in [0.25, 0.3) is 0 Å². The van der Waals surface area contributed by atoms with Gasteiger partial charge in [-0.15, -0.1) is 0 Å². The van der Waals surface area contributed by atoms with E-state index in [1.165, 1.54) is 0 Å². The Morgan fingerprint density at radius 3 is 2.50 bits per heavy atom. The van der Waals surface area contributed by atoms with Crippen LogP contribution in [0.4, 0.5) is 0 Å². The van der Waals surface area contributed by atoms with Crippen LogP contribution in [0, 0.1) is 6.92 Å². The number of hydrogen-bond acceptors (Lipinski definition) is 4. The van der Waals surface area contributed by atoms with E-state index in [2.05, 4.69) is 4.98 Å². The maximum atomic E-state index is 11.0. The number of aromatic carboxylic acids is 1. The van der Waals surface area contributed by atoms with Gasteiger partial charge in [0.05, 0.1) is 5.60 Å². The van der Waals surface area contributed by atoms with Gasteiger partial charge in [0.1, 0.15) is 6.61 Å². The van der Waals surface area contributed by atoms with Gasteiger partial charge in [-0.25, -0.2) is 9.78 Å². The Labute approximate surface area is 106 Å². The summed E-state index contributed by atoms with van der Waals surface area (Å²) in [6, 6.07) is 3.25. The summed E-state index contributed by atoms with van der Waals surface area (Å²) in [6.07, 6.45) is 1.09. The Bertz CT molecular complexity index is 427. The molecule has 0 atom stereocenters. The van der Waals surface area contributed by atoms with Crippen molar-refractivity contribution in [1.82, 2.24) is 4.98 Å². The van der Waals surface area contributed by atoms with Crippen molar-refractivity contribution in [3.05, 3.63) is 23.5 Å². The predicted molar refractivity (Wildman–Crippen MR) is 67.0 cm³/mol. The van der Waals surface area contributed by atoms with Gasteiger partial charge in [-0.2, -0.15) is 0 Å². The number of pyridine rings is 1. The number of aromatic nitrogens is 1. The summed E-state index contributed by atoms with van der Waals surface area (Å²) in [7, 11) is 0. The molecule has 5 nitrogen and oxygen atoms in total. The molecule has 0 saturated heterocycles. The van der Waals surface area contributed by atoms with Crippen LogP contribution in [0.25, 0.3) is 0 Å². The molecule has 0 amide bonds. The molecule has 18 heavy (non-hydrogen) atoms. The number of carboxylic acid groups (broad SMARTS) is 1. The molecule has 0 aromatic carbocycles. The van der Waals surface area contributed by atoms with Crippen LogP contribution in [-0.2, 0) is 0 Å². The summed E-state index contributed by atoms with van der Waals surface area (Å²) in [6.45, 7) is 5.49. The Balaban J connectivity index is 2.88. The number of carboxylic acids is 1. The minimum Gasteiger partial charge on any atom is -0.488 e. The molecule has 2 N–H and O–H groups in total. The van der Waals surface area contributed by atoms with E-state index in [0.29, 0.717) is 18.5 Å². The monoisotopic (exact) mass is 253 g/mol. The van der Waals surface area contributed by atoms with Crippen molar-refractivity contribution in [2.75, 3.05) is 6.61 Å². The summed E-state index contributed by atoms with van der Waals surface area (Å²) >= 11 is 0. The first kappa shape index (κ1) is 14.4. The van der Waals surface area contributed by atoms with Crippen LogP contribution in [-0.4, -0.2) is 33.4 Å². The quantitative estimate of drug-likeness (QED) is 0.810.